The molecule has 0 bridgehead atoms. The number of carboxylic acids is 1. The standard InChI is InChI=1S/C15H21NO4/c1-15(2,3)12(14(18)19)13(17)16-9-10-5-7-11(20-4)8-6-10/h5-8,12H,9H2,1-4H3,(H,16,17)(H,18,19). The van der Waals surface area contributed by atoms with Crippen molar-refractivity contribution < 1.29 is 19.4 Å². The molecule has 1 amide bonds. The molecule has 0 spiro atoms. The van der Waals surface area contributed by atoms with E-state index in [1.165, 1.54) is 0 Å². The van der Waals surface area contributed by atoms with Gasteiger partial charge in [0.15, 0.2) is 0 Å². The Morgan fingerprint density at radius 2 is 1.80 bits per heavy atom. The molecule has 5 heteroatoms. The number of amides is 1. The second-order valence-corrected chi connectivity index (χ2v) is 5.70. The first kappa shape index (κ1) is 16.0. The normalized spacial score (nSPS) is 12.6. The van der Waals surface area contributed by atoms with Crippen LogP contribution >= 0.6 is 0 Å². The average Bonchev–Trinajstić information content (AvgIpc) is 2.34. The Morgan fingerprint density at radius 1 is 1.25 bits per heavy atom. The van der Waals surface area contributed by atoms with Crippen LogP contribution in [-0.4, -0.2) is 24.1 Å². The number of nitrogens with one attached hydrogen (secondary N) is 1. The topological polar surface area (TPSA) is 75.6 Å². The Morgan fingerprint density at radius 3 is 2.20 bits per heavy atom. The van der Waals surface area contributed by atoms with Gasteiger partial charge in [0, 0.05) is 6.54 Å². The molecular formula is C15H21NO4. The first-order valence-electron chi connectivity index (χ1n) is 6.39. The molecule has 1 rings (SSSR count). The molecule has 0 aromatic heterocycles. The lowest BCUT2D eigenvalue weighted by molar-refractivity contribution is -0.151. The zero-order chi connectivity index (χ0) is 15.3. The number of hydrogen-bond acceptors (Lipinski definition) is 3. The number of ether oxygens (including phenoxy) is 1. The summed E-state index contributed by atoms with van der Waals surface area (Å²) in [6.07, 6.45) is 0. The van der Waals surface area contributed by atoms with Gasteiger partial charge >= 0.3 is 5.97 Å². The lowest BCUT2D eigenvalue weighted by atomic mass is 9.80. The molecule has 1 aromatic rings. The van der Waals surface area contributed by atoms with Crippen LogP contribution in [0.25, 0.3) is 0 Å². The van der Waals surface area contributed by atoms with Crippen molar-refractivity contribution in [2.75, 3.05) is 7.11 Å². The first-order chi connectivity index (χ1) is 9.25. The molecule has 0 fully saturated rings. The first-order valence-corrected chi connectivity index (χ1v) is 6.39. The van der Waals surface area contributed by atoms with Crippen molar-refractivity contribution in [3.05, 3.63) is 29.8 Å². The van der Waals surface area contributed by atoms with Gasteiger partial charge in [-0.2, -0.15) is 0 Å². The molecule has 5 nitrogen and oxygen atoms in total. The van der Waals surface area contributed by atoms with Crippen molar-refractivity contribution in [3.63, 3.8) is 0 Å². The summed E-state index contributed by atoms with van der Waals surface area (Å²) >= 11 is 0. The van der Waals surface area contributed by atoms with Gasteiger partial charge in [-0.3, -0.25) is 9.59 Å². The molecule has 0 aliphatic carbocycles. The molecule has 0 saturated carbocycles. The Labute approximate surface area is 118 Å². The summed E-state index contributed by atoms with van der Waals surface area (Å²) < 4.78 is 5.04. The van der Waals surface area contributed by atoms with Crippen LogP contribution in [0.1, 0.15) is 26.3 Å². The molecule has 1 atom stereocenters. The lowest BCUT2D eigenvalue weighted by Gasteiger charge is -2.25. The van der Waals surface area contributed by atoms with E-state index in [0.29, 0.717) is 6.54 Å². The summed E-state index contributed by atoms with van der Waals surface area (Å²) in [4.78, 5) is 23.2. The number of carbonyl (C=O) groups excluding carboxylic acids is 1. The maximum absolute atomic E-state index is 12.0. The highest BCUT2D eigenvalue weighted by atomic mass is 16.5. The summed E-state index contributed by atoms with van der Waals surface area (Å²) in [5.74, 6) is -1.91. The molecule has 0 aliphatic heterocycles. The van der Waals surface area contributed by atoms with Gasteiger partial charge < -0.3 is 15.2 Å². The molecule has 0 aliphatic rings. The Hall–Kier alpha value is -2.04. The second kappa shape index (κ2) is 6.41. The Bertz CT molecular complexity index is 474. The van der Waals surface area contributed by atoms with Crippen molar-refractivity contribution >= 4 is 11.9 Å². The molecular weight excluding hydrogens is 258 g/mol. The van der Waals surface area contributed by atoms with Crippen molar-refractivity contribution in [2.45, 2.75) is 27.3 Å². The summed E-state index contributed by atoms with van der Waals surface area (Å²) in [7, 11) is 1.58. The van der Waals surface area contributed by atoms with Crippen LogP contribution in [0.5, 0.6) is 5.75 Å². The van der Waals surface area contributed by atoms with Gasteiger partial charge in [-0.15, -0.1) is 0 Å². The van der Waals surface area contributed by atoms with E-state index in [9.17, 15) is 9.59 Å². The minimum absolute atomic E-state index is 0.294. The van der Waals surface area contributed by atoms with Crippen LogP contribution in [0, 0.1) is 11.3 Å². The van der Waals surface area contributed by atoms with Gasteiger partial charge in [0.1, 0.15) is 11.7 Å². The smallest absolute Gasteiger partial charge is 0.316 e. The number of aliphatic carboxylic acids is 1. The molecule has 0 heterocycles. The van der Waals surface area contributed by atoms with E-state index in [-0.39, 0.29) is 0 Å². The lowest BCUT2D eigenvalue weighted by Crippen LogP contribution is -2.42. The fourth-order valence-electron chi connectivity index (χ4n) is 1.91. The van der Waals surface area contributed by atoms with E-state index in [1.807, 2.05) is 12.1 Å². The van der Waals surface area contributed by atoms with E-state index in [2.05, 4.69) is 5.32 Å². The van der Waals surface area contributed by atoms with E-state index in [0.717, 1.165) is 11.3 Å². The summed E-state index contributed by atoms with van der Waals surface area (Å²) in [5, 5.41) is 11.8. The number of carbonyl (C=O) groups is 2. The highest BCUT2D eigenvalue weighted by molar-refractivity contribution is 5.97. The van der Waals surface area contributed by atoms with Crippen LogP contribution in [0.4, 0.5) is 0 Å². The molecule has 2 N–H and O–H groups in total. The SMILES string of the molecule is COc1ccc(CNC(=O)C(C(=O)O)C(C)(C)C)cc1. The number of benzene rings is 1. The van der Waals surface area contributed by atoms with E-state index >= 15 is 0 Å². The quantitative estimate of drug-likeness (QED) is 0.809. The Balaban J connectivity index is 2.67. The van der Waals surface area contributed by atoms with Gasteiger partial charge in [-0.05, 0) is 23.1 Å². The van der Waals surface area contributed by atoms with Crippen LogP contribution in [-0.2, 0) is 16.1 Å². The number of carboxylic acid groups (broad SMARTS) is 1. The van der Waals surface area contributed by atoms with Gasteiger partial charge in [-0.1, -0.05) is 32.9 Å². The highest BCUT2D eigenvalue weighted by Crippen LogP contribution is 2.26. The average molecular weight is 279 g/mol. The van der Waals surface area contributed by atoms with Crippen LogP contribution in [0.2, 0.25) is 0 Å². The summed E-state index contributed by atoms with van der Waals surface area (Å²) in [6.45, 7) is 5.50. The van der Waals surface area contributed by atoms with Crippen molar-refractivity contribution in [3.8, 4) is 5.75 Å². The van der Waals surface area contributed by atoms with Gasteiger partial charge in [0.05, 0.1) is 7.11 Å². The molecule has 110 valence electrons. The molecule has 1 aromatic carbocycles. The zero-order valence-corrected chi connectivity index (χ0v) is 12.3. The largest absolute Gasteiger partial charge is 0.497 e. The van der Waals surface area contributed by atoms with E-state index in [4.69, 9.17) is 9.84 Å². The van der Waals surface area contributed by atoms with Crippen LogP contribution < -0.4 is 10.1 Å². The number of methoxy groups -OCH3 is 1. The summed E-state index contributed by atoms with van der Waals surface area (Å²) in [5.41, 5.74) is 0.257. The predicted octanol–water partition coefficient (Wildman–Crippen LogP) is 2.06. The number of rotatable bonds is 5. The zero-order valence-electron chi connectivity index (χ0n) is 12.3. The monoisotopic (exact) mass is 279 g/mol. The predicted molar refractivity (Wildman–Crippen MR) is 75.4 cm³/mol. The maximum atomic E-state index is 12.0. The van der Waals surface area contributed by atoms with Crippen molar-refractivity contribution in [1.82, 2.24) is 5.32 Å². The summed E-state index contributed by atoms with van der Waals surface area (Å²) in [6, 6.07) is 7.23. The van der Waals surface area contributed by atoms with Gasteiger partial charge in [0.25, 0.3) is 0 Å². The second-order valence-electron chi connectivity index (χ2n) is 5.70. The fourth-order valence-corrected chi connectivity index (χ4v) is 1.91. The Kier molecular flexibility index (Phi) is 5.13. The van der Waals surface area contributed by atoms with E-state index < -0.39 is 23.2 Å². The molecule has 20 heavy (non-hydrogen) atoms. The minimum Gasteiger partial charge on any atom is -0.497 e. The van der Waals surface area contributed by atoms with E-state index in [1.54, 1.807) is 40.0 Å². The third-order valence-corrected chi connectivity index (χ3v) is 3.00. The molecule has 0 saturated heterocycles. The number of hydrogen-bond donors (Lipinski definition) is 2. The molecule has 0 radical (unpaired) electrons. The maximum Gasteiger partial charge on any atom is 0.316 e. The fraction of sp³-hybridized carbons (Fsp3) is 0.467. The van der Waals surface area contributed by atoms with Crippen molar-refractivity contribution in [1.29, 1.82) is 0 Å². The minimum atomic E-state index is -1.11. The third-order valence-electron chi connectivity index (χ3n) is 3.00. The van der Waals surface area contributed by atoms with Crippen molar-refractivity contribution in [2.24, 2.45) is 11.3 Å². The third kappa shape index (κ3) is 4.26. The van der Waals surface area contributed by atoms with Crippen LogP contribution in [0.3, 0.4) is 0 Å². The highest BCUT2D eigenvalue weighted by Gasteiger charge is 2.37. The van der Waals surface area contributed by atoms with Crippen LogP contribution in [0.15, 0.2) is 24.3 Å². The van der Waals surface area contributed by atoms with Gasteiger partial charge in [0.2, 0.25) is 5.91 Å². The molecule has 1 unspecified atom stereocenters. The van der Waals surface area contributed by atoms with Gasteiger partial charge in [-0.25, -0.2) is 0 Å².